The van der Waals surface area contributed by atoms with Crippen LogP contribution in [-0.2, 0) is 0 Å². The summed E-state index contributed by atoms with van der Waals surface area (Å²) in [5.74, 6) is 2.24. The fourth-order valence-electron chi connectivity index (χ4n) is 2.45. The lowest BCUT2D eigenvalue weighted by molar-refractivity contribution is 0.415. The Labute approximate surface area is 160 Å². The van der Waals surface area contributed by atoms with Crippen LogP contribution < -0.4 is 15.8 Å². The number of thiol groups is 1. The van der Waals surface area contributed by atoms with E-state index >= 15 is 0 Å². The quantitative estimate of drug-likeness (QED) is 0.276. The number of aromatic nitrogens is 5. The number of methoxy groups -OCH3 is 1. The molecule has 3 rings (SSSR count). The monoisotopic (exact) mass is 389 g/mol. The van der Waals surface area contributed by atoms with Crippen LogP contribution in [-0.4, -0.2) is 52.1 Å². The molecule has 4 N–H and O–H groups in total. The number of aromatic amines is 1. The molecule has 0 amide bonds. The van der Waals surface area contributed by atoms with Crippen molar-refractivity contribution in [2.75, 3.05) is 32.2 Å². The summed E-state index contributed by atoms with van der Waals surface area (Å²) in [6, 6.07) is 5.87. The molecule has 0 bridgehead atoms. The van der Waals surface area contributed by atoms with Crippen molar-refractivity contribution in [3.63, 3.8) is 0 Å². The lowest BCUT2D eigenvalue weighted by Crippen LogP contribution is -2.09. The molecule has 10 heteroatoms. The fraction of sp³-hybridized carbons (Fsp3) is 0.250. The number of thioether (sulfide) groups is 1. The van der Waals surface area contributed by atoms with E-state index < -0.39 is 0 Å². The smallest absolute Gasteiger partial charge is 0.206 e. The Morgan fingerprint density at radius 3 is 2.92 bits per heavy atom. The summed E-state index contributed by atoms with van der Waals surface area (Å²) >= 11 is 6.46. The van der Waals surface area contributed by atoms with Crippen LogP contribution in [0.2, 0.25) is 0 Å². The summed E-state index contributed by atoms with van der Waals surface area (Å²) in [5.41, 5.74) is 8.32. The predicted molar refractivity (Wildman–Crippen MR) is 106 cm³/mol. The van der Waals surface area contributed by atoms with Gasteiger partial charge in [0.05, 0.1) is 7.11 Å². The number of tetrazole rings is 1. The van der Waals surface area contributed by atoms with E-state index in [0.29, 0.717) is 17.4 Å². The molecule has 2 heterocycles. The van der Waals surface area contributed by atoms with E-state index in [2.05, 4.69) is 30.9 Å². The third-order valence-electron chi connectivity index (χ3n) is 3.73. The molecule has 8 nitrogen and oxygen atoms in total. The summed E-state index contributed by atoms with van der Waals surface area (Å²) in [7, 11) is 3.49. The van der Waals surface area contributed by atoms with Gasteiger partial charge >= 0.3 is 0 Å². The van der Waals surface area contributed by atoms with Crippen LogP contribution in [0.15, 0.2) is 34.2 Å². The van der Waals surface area contributed by atoms with Crippen LogP contribution >= 0.6 is 24.4 Å². The van der Waals surface area contributed by atoms with E-state index in [0.717, 1.165) is 38.8 Å². The van der Waals surface area contributed by atoms with Crippen molar-refractivity contribution in [3.8, 4) is 28.3 Å². The average molecular weight is 390 g/mol. The van der Waals surface area contributed by atoms with Gasteiger partial charge in [0.1, 0.15) is 0 Å². The van der Waals surface area contributed by atoms with Crippen molar-refractivity contribution in [2.24, 2.45) is 0 Å². The van der Waals surface area contributed by atoms with Crippen molar-refractivity contribution in [2.45, 2.75) is 9.79 Å². The second kappa shape index (κ2) is 8.39. The minimum atomic E-state index is 0.336. The third-order valence-corrected chi connectivity index (χ3v) is 5.41. The van der Waals surface area contributed by atoms with E-state index in [1.807, 2.05) is 25.2 Å². The van der Waals surface area contributed by atoms with Crippen molar-refractivity contribution >= 4 is 30.2 Å². The van der Waals surface area contributed by atoms with Gasteiger partial charge in [-0.1, -0.05) is 6.07 Å². The second-order valence-corrected chi connectivity index (χ2v) is 6.92. The number of rotatable bonds is 7. The first kappa shape index (κ1) is 18.5. The Morgan fingerprint density at radius 1 is 1.38 bits per heavy atom. The number of nitrogen functional groups attached to an aromatic ring is 1. The van der Waals surface area contributed by atoms with Gasteiger partial charge in [-0.25, -0.2) is 4.98 Å². The Kier molecular flexibility index (Phi) is 5.96. The standard InChI is InChI=1S/C16H19N7OS2/c1-18-5-6-26-12-4-3-10(9-7-11(24-2)15(17)19-8-9)13(14(12)25)16-20-22-23-21-16/h3-4,7-8,18,25H,5-6H2,1-2H3,(H2,17,19)(H,20,21,22,23). The molecule has 2 aromatic heterocycles. The average Bonchev–Trinajstić information content (AvgIpc) is 3.17. The van der Waals surface area contributed by atoms with Gasteiger partial charge in [0.15, 0.2) is 11.6 Å². The number of nitrogens with two attached hydrogens (primary N) is 1. The van der Waals surface area contributed by atoms with Crippen LogP contribution in [0.3, 0.4) is 0 Å². The molecule has 0 spiro atoms. The number of H-pyrrole nitrogens is 1. The lowest BCUT2D eigenvalue weighted by atomic mass is 10.00. The van der Waals surface area contributed by atoms with Crippen LogP contribution in [0, 0.1) is 0 Å². The number of nitrogens with zero attached hydrogens (tertiary/aromatic N) is 4. The zero-order valence-corrected chi connectivity index (χ0v) is 16.1. The molecule has 0 unspecified atom stereocenters. The molecule has 0 aliphatic rings. The molecule has 1 aromatic carbocycles. The molecular weight excluding hydrogens is 370 g/mol. The van der Waals surface area contributed by atoms with Gasteiger partial charge in [0.25, 0.3) is 0 Å². The first-order chi connectivity index (χ1) is 12.7. The number of pyridine rings is 1. The summed E-state index contributed by atoms with van der Waals surface area (Å²) in [6.45, 7) is 0.899. The summed E-state index contributed by atoms with van der Waals surface area (Å²) in [6.07, 6.45) is 1.69. The van der Waals surface area contributed by atoms with E-state index in [9.17, 15) is 0 Å². The zero-order chi connectivity index (χ0) is 18.5. The molecule has 0 saturated heterocycles. The number of hydrogen-bond acceptors (Lipinski definition) is 9. The Hall–Kier alpha value is -2.30. The second-order valence-electron chi connectivity index (χ2n) is 5.33. The van der Waals surface area contributed by atoms with Crippen molar-refractivity contribution in [1.82, 2.24) is 30.9 Å². The number of anilines is 1. The normalized spacial score (nSPS) is 10.9. The van der Waals surface area contributed by atoms with Crippen molar-refractivity contribution < 1.29 is 4.74 Å². The van der Waals surface area contributed by atoms with E-state index in [4.69, 9.17) is 23.1 Å². The van der Waals surface area contributed by atoms with Gasteiger partial charge < -0.3 is 15.8 Å². The SMILES string of the molecule is CNCCSc1ccc(-c2cnc(N)c(OC)c2)c(-c2nn[nH]n2)c1S. The minimum absolute atomic E-state index is 0.336. The highest BCUT2D eigenvalue weighted by molar-refractivity contribution is 7.99. The van der Waals surface area contributed by atoms with Gasteiger partial charge in [0.2, 0.25) is 5.82 Å². The van der Waals surface area contributed by atoms with Crippen LogP contribution in [0.1, 0.15) is 0 Å². The summed E-state index contributed by atoms with van der Waals surface area (Å²) in [4.78, 5) is 6.05. The molecule has 26 heavy (non-hydrogen) atoms. The summed E-state index contributed by atoms with van der Waals surface area (Å²) < 4.78 is 5.29. The lowest BCUT2D eigenvalue weighted by Gasteiger charge is -2.14. The Balaban J connectivity index is 2.12. The molecular formula is C16H19N7OS2. The van der Waals surface area contributed by atoms with E-state index in [1.54, 1.807) is 25.1 Å². The van der Waals surface area contributed by atoms with Gasteiger partial charge in [-0.15, -0.1) is 34.6 Å². The molecule has 0 saturated carbocycles. The summed E-state index contributed by atoms with van der Waals surface area (Å²) in [5, 5.41) is 17.6. The van der Waals surface area contributed by atoms with Gasteiger partial charge in [-0.3, -0.25) is 0 Å². The topological polar surface area (TPSA) is 115 Å². The van der Waals surface area contributed by atoms with E-state index in [1.165, 1.54) is 0 Å². The van der Waals surface area contributed by atoms with Crippen LogP contribution in [0.25, 0.3) is 22.5 Å². The molecule has 0 radical (unpaired) electrons. The Bertz CT molecular complexity index is 887. The minimum Gasteiger partial charge on any atom is -0.493 e. The van der Waals surface area contributed by atoms with E-state index in [-0.39, 0.29) is 0 Å². The van der Waals surface area contributed by atoms with Crippen molar-refractivity contribution in [3.05, 3.63) is 24.4 Å². The third kappa shape index (κ3) is 3.76. The maximum Gasteiger partial charge on any atom is 0.206 e. The van der Waals surface area contributed by atoms with Crippen LogP contribution in [0.4, 0.5) is 5.82 Å². The van der Waals surface area contributed by atoms with Crippen LogP contribution in [0.5, 0.6) is 5.75 Å². The van der Waals surface area contributed by atoms with Crippen molar-refractivity contribution in [1.29, 1.82) is 0 Å². The van der Waals surface area contributed by atoms with Gasteiger partial charge in [-0.2, -0.15) is 5.21 Å². The highest BCUT2D eigenvalue weighted by Gasteiger charge is 2.19. The predicted octanol–water partition coefficient (Wildman–Crippen LogP) is 2.12. The Morgan fingerprint density at radius 2 is 2.23 bits per heavy atom. The first-order valence-corrected chi connectivity index (χ1v) is 9.26. The first-order valence-electron chi connectivity index (χ1n) is 7.82. The number of benzene rings is 1. The zero-order valence-electron chi connectivity index (χ0n) is 14.4. The fourth-order valence-corrected chi connectivity index (χ4v) is 3.87. The molecule has 136 valence electrons. The number of hydrogen-bond donors (Lipinski definition) is 4. The maximum absolute atomic E-state index is 5.83. The number of nitrogens with one attached hydrogen (secondary N) is 2. The molecule has 0 aliphatic heterocycles. The molecule has 3 aromatic rings. The largest absolute Gasteiger partial charge is 0.493 e. The van der Waals surface area contributed by atoms with Gasteiger partial charge in [-0.05, 0) is 30.0 Å². The molecule has 0 atom stereocenters. The van der Waals surface area contributed by atoms with Gasteiger partial charge in [0, 0.05) is 39.4 Å². The number of ether oxygens (including phenoxy) is 1. The maximum atomic E-state index is 5.83. The highest BCUT2D eigenvalue weighted by atomic mass is 32.2. The highest BCUT2D eigenvalue weighted by Crippen LogP contribution is 2.41. The molecule has 0 fully saturated rings. The molecule has 0 aliphatic carbocycles.